The lowest BCUT2D eigenvalue weighted by atomic mass is 9.98. The van der Waals surface area contributed by atoms with Gasteiger partial charge in [-0.25, -0.2) is 21.6 Å². The van der Waals surface area contributed by atoms with E-state index in [1.165, 1.54) is 23.1 Å². The number of benzene rings is 2. The smallest absolute Gasteiger partial charge is 0.309 e. The van der Waals surface area contributed by atoms with Crippen LogP contribution in [0.2, 0.25) is 0 Å². The van der Waals surface area contributed by atoms with Gasteiger partial charge in [0.15, 0.2) is 6.61 Å². The third-order valence-electron chi connectivity index (χ3n) is 5.63. The van der Waals surface area contributed by atoms with Crippen LogP contribution in [0, 0.1) is 23.4 Å². The summed E-state index contributed by atoms with van der Waals surface area (Å²) in [4.78, 5) is 25.5. The maximum Gasteiger partial charge on any atom is 0.309 e. The molecule has 0 saturated carbocycles. The minimum absolute atomic E-state index is 0.0767. The molecular weight excluding hydrogens is 473 g/mol. The van der Waals surface area contributed by atoms with Crippen LogP contribution in [0.1, 0.15) is 25.3 Å². The van der Waals surface area contributed by atoms with Gasteiger partial charge in [0.25, 0.3) is 5.91 Å². The summed E-state index contributed by atoms with van der Waals surface area (Å²) in [6, 6.07) is 8.04. The summed E-state index contributed by atoms with van der Waals surface area (Å²) >= 11 is 0. The maximum absolute atomic E-state index is 14.0. The molecule has 0 N–H and O–H groups in total. The van der Waals surface area contributed by atoms with Crippen molar-refractivity contribution in [2.24, 2.45) is 5.92 Å². The van der Waals surface area contributed by atoms with Crippen molar-refractivity contribution in [3.63, 3.8) is 0 Å². The van der Waals surface area contributed by atoms with E-state index in [0.29, 0.717) is 18.2 Å². The van der Waals surface area contributed by atoms with Crippen LogP contribution in [0.15, 0.2) is 47.4 Å². The maximum atomic E-state index is 14.0. The molecular formula is C23H25F3N2O5S. The summed E-state index contributed by atoms with van der Waals surface area (Å²) in [7, 11) is -4.26. The van der Waals surface area contributed by atoms with Crippen LogP contribution in [0.4, 0.5) is 13.2 Å². The number of carbonyl (C=O) groups is 2. The molecule has 34 heavy (non-hydrogen) atoms. The van der Waals surface area contributed by atoms with Gasteiger partial charge in [0.05, 0.1) is 5.92 Å². The average Bonchev–Trinajstić information content (AvgIpc) is 2.82. The van der Waals surface area contributed by atoms with Crippen molar-refractivity contribution in [3.05, 3.63) is 65.5 Å². The van der Waals surface area contributed by atoms with Crippen LogP contribution in [-0.4, -0.2) is 55.7 Å². The first-order chi connectivity index (χ1) is 16.1. The third kappa shape index (κ3) is 6.15. The van der Waals surface area contributed by atoms with Gasteiger partial charge < -0.3 is 9.64 Å². The molecule has 2 aromatic carbocycles. The predicted octanol–water partition coefficient (Wildman–Crippen LogP) is 3.10. The highest BCUT2D eigenvalue weighted by Gasteiger charge is 2.34. The number of sulfonamides is 1. The minimum Gasteiger partial charge on any atom is -0.455 e. The molecule has 0 aliphatic carbocycles. The van der Waals surface area contributed by atoms with Gasteiger partial charge in [0, 0.05) is 26.2 Å². The van der Waals surface area contributed by atoms with E-state index in [1.807, 2.05) is 0 Å². The Morgan fingerprint density at radius 3 is 2.38 bits per heavy atom. The van der Waals surface area contributed by atoms with Gasteiger partial charge in [-0.1, -0.05) is 12.1 Å². The van der Waals surface area contributed by atoms with E-state index in [4.69, 9.17) is 4.74 Å². The quantitative estimate of drug-likeness (QED) is 0.523. The summed E-state index contributed by atoms with van der Waals surface area (Å²) in [5.41, 5.74) is 0.602. The molecule has 1 saturated heterocycles. The van der Waals surface area contributed by atoms with E-state index in [-0.39, 0.29) is 32.5 Å². The Kier molecular flexibility index (Phi) is 8.32. The normalized spacial score (nSPS) is 15.2. The molecule has 11 heteroatoms. The molecule has 2 aromatic rings. The summed E-state index contributed by atoms with van der Waals surface area (Å²) in [6.45, 7) is 1.60. The Balaban J connectivity index is 1.52. The van der Waals surface area contributed by atoms with Crippen LogP contribution in [-0.2, 0) is 30.9 Å². The van der Waals surface area contributed by atoms with Crippen molar-refractivity contribution in [3.8, 4) is 0 Å². The zero-order chi connectivity index (χ0) is 24.9. The molecule has 0 unspecified atom stereocenters. The van der Waals surface area contributed by atoms with Gasteiger partial charge in [-0.15, -0.1) is 0 Å². The van der Waals surface area contributed by atoms with Gasteiger partial charge in [0.1, 0.15) is 22.3 Å². The monoisotopic (exact) mass is 498 g/mol. The summed E-state index contributed by atoms with van der Waals surface area (Å²) in [5, 5.41) is 0. The second kappa shape index (κ2) is 11.0. The minimum atomic E-state index is -4.26. The van der Waals surface area contributed by atoms with Crippen LogP contribution in [0.3, 0.4) is 0 Å². The second-order valence-corrected chi connectivity index (χ2v) is 9.81. The van der Waals surface area contributed by atoms with Gasteiger partial charge in [-0.3, -0.25) is 9.59 Å². The third-order valence-corrected chi connectivity index (χ3v) is 7.55. The number of carbonyl (C=O) groups excluding carboxylic acids is 2. The lowest BCUT2D eigenvalue weighted by Gasteiger charge is -2.30. The fourth-order valence-electron chi connectivity index (χ4n) is 3.72. The molecule has 1 aliphatic rings. The number of esters is 1. The molecule has 184 valence electrons. The van der Waals surface area contributed by atoms with E-state index >= 15 is 0 Å². The van der Waals surface area contributed by atoms with Crippen molar-refractivity contribution < 1.29 is 35.9 Å². The highest BCUT2D eigenvalue weighted by atomic mass is 32.2. The zero-order valence-corrected chi connectivity index (χ0v) is 19.4. The fourth-order valence-corrected chi connectivity index (χ4v) is 5.27. The molecule has 7 nitrogen and oxygen atoms in total. The first kappa shape index (κ1) is 25.7. The standard InChI is InChI=1S/C23H25F3N2O5S/c1-2-27(14-16-4-3-5-18(24)12-16)22(29)15-33-23(30)17-8-10-28(11-9-17)34(31,32)21-13-19(25)6-7-20(21)26/h3-7,12-13,17H,2,8-11,14-15H2,1H3. The van der Waals surface area contributed by atoms with Gasteiger partial charge in [-0.2, -0.15) is 4.31 Å². The molecule has 1 heterocycles. The van der Waals surface area contributed by atoms with Crippen LogP contribution >= 0.6 is 0 Å². The predicted molar refractivity (Wildman–Crippen MR) is 116 cm³/mol. The average molecular weight is 499 g/mol. The number of amides is 1. The summed E-state index contributed by atoms with van der Waals surface area (Å²) < 4.78 is 72.2. The van der Waals surface area contributed by atoms with E-state index in [2.05, 4.69) is 0 Å². The summed E-state index contributed by atoms with van der Waals surface area (Å²) in [6.07, 6.45) is 0.230. The molecule has 1 fully saturated rings. The fraction of sp³-hybridized carbons (Fsp3) is 0.391. The molecule has 0 atom stereocenters. The molecule has 3 rings (SSSR count). The van der Waals surface area contributed by atoms with Crippen molar-refractivity contribution in [2.45, 2.75) is 31.2 Å². The molecule has 0 radical (unpaired) electrons. The molecule has 1 aliphatic heterocycles. The number of nitrogens with zero attached hydrogens (tertiary/aromatic N) is 2. The van der Waals surface area contributed by atoms with E-state index in [1.54, 1.807) is 13.0 Å². The van der Waals surface area contributed by atoms with Gasteiger partial charge in [-0.05, 0) is 55.7 Å². The second-order valence-electron chi connectivity index (χ2n) is 7.90. The van der Waals surface area contributed by atoms with E-state index in [0.717, 1.165) is 16.4 Å². The number of likely N-dealkylation sites (N-methyl/N-ethyl adjacent to an activating group) is 1. The SMILES string of the molecule is CCN(Cc1cccc(F)c1)C(=O)COC(=O)C1CCN(S(=O)(=O)c2cc(F)ccc2F)CC1. The number of hydrogen-bond donors (Lipinski definition) is 0. The highest BCUT2D eigenvalue weighted by Crippen LogP contribution is 2.26. The van der Waals surface area contributed by atoms with Crippen LogP contribution in [0.25, 0.3) is 0 Å². The molecule has 1 amide bonds. The number of rotatable bonds is 8. The van der Waals surface area contributed by atoms with Crippen molar-refractivity contribution in [1.29, 1.82) is 0 Å². The Hall–Kier alpha value is -2.92. The van der Waals surface area contributed by atoms with E-state index in [9.17, 15) is 31.2 Å². The topological polar surface area (TPSA) is 84.0 Å². The molecule has 0 aromatic heterocycles. The van der Waals surface area contributed by atoms with Crippen LogP contribution in [0.5, 0.6) is 0 Å². The molecule has 0 spiro atoms. The van der Waals surface area contributed by atoms with Gasteiger partial charge >= 0.3 is 5.97 Å². The Bertz CT molecular complexity index is 1150. The van der Waals surface area contributed by atoms with E-state index < -0.39 is 56.8 Å². The largest absolute Gasteiger partial charge is 0.455 e. The lowest BCUT2D eigenvalue weighted by molar-refractivity contribution is -0.156. The number of hydrogen-bond acceptors (Lipinski definition) is 5. The Morgan fingerprint density at radius 1 is 1.06 bits per heavy atom. The summed E-state index contributed by atoms with van der Waals surface area (Å²) in [5.74, 6) is -4.05. The van der Waals surface area contributed by atoms with Crippen molar-refractivity contribution in [1.82, 2.24) is 9.21 Å². The zero-order valence-electron chi connectivity index (χ0n) is 18.5. The number of piperidine rings is 1. The first-order valence-corrected chi connectivity index (χ1v) is 12.2. The lowest BCUT2D eigenvalue weighted by Crippen LogP contribution is -2.41. The highest BCUT2D eigenvalue weighted by molar-refractivity contribution is 7.89. The van der Waals surface area contributed by atoms with Crippen molar-refractivity contribution >= 4 is 21.9 Å². The van der Waals surface area contributed by atoms with Crippen molar-refractivity contribution in [2.75, 3.05) is 26.2 Å². The number of ether oxygens (including phenoxy) is 1. The Labute approximate surface area is 196 Å². The first-order valence-electron chi connectivity index (χ1n) is 10.8. The van der Waals surface area contributed by atoms with Gasteiger partial charge in [0.2, 0.25) is 10.0 Å². The number of halogens is 3. The Morgan fingerprint density at radius 2 is 1.74 bits per heavy atom. The molecule has 0 bridgehead atoms. The van der Waals surface area contributed by atoms with Crippen LogP contribution < -0.4 is 0 Å².